The molecule has 2 N–H and O–H groups in total. The predicted octanol–water partition coefficient (Wildman–Crippen LogP) is 1.19. The molecule has 1 aliphatic heterocycles. The van der Waals surface area contributed by atoms with E-state index in [9.17, 15) is 9.59 Å². The largest absolute Gasteiger partial charge is 0.369 e. The first-order valence-electron chi connectivity index (χ1n) is 7.50. The van der Waals surface area contributed by atoms with Gasteiger partial charge in [-0.05, 0) is 19.8 Å². The SMILES string of the molecule is Cc1nc(-c2cnn(C)c2)sc1C(=O)N1CCCC(C(N)=O)C1. The summed E-state index contributed by atoms with van der Waals surface area (Å²) in [7, 11) is 1.84. The lowest BCUT2D eigenvalue weighted by Crippen LogP contribution is -2.44. The molecule has 7 nitrogen and oxygen atoms in total. The van der Waals surface area contributed by atoms with Crippen LogP contribution in [0.4, 0.5) is 0 Å². The Morgan fingerprint density at radius 2 is 2.22 bits per heavy atom. The zero-order chi connectivity index (χ0) is 16.6. The van der Waals surface area contributed by atoms with Crippen molar-refractivity contribution in [3.05, 3.63) is 23.0 Å². The fourth-order valence-electron chi connectivity index (χ4n) is 2.79. The zero-order valence-electron chi connectivity index (χ0n) is 13.2. The number of carbonyl (C=O) groups excluding carboxylic acids is 2. The molecule has 3 rings (SSSR count). The highest BCUT2D eigenvalue weighted by Crippen LogP contribution is 2.29. The van der Waals surface area contributed by atoms with Crippen molar-refractivity contribution in [3.8, 4) is 10.6 Å². The van der Waals surface area contributed by atoms with Crippen LogP contribution in [0.3, 0.4) is 0 Å². The summed E-state index contributed by atoms with van der Waals surface area (Å²) in [6.45, 7) is 2.88. The summed E-state index contributed by atoms with van der Waals surface area (Å²) in [5, 5.41) is 4.91. The molecule has 1 saturated heterocycles. The number of aromatic nitrogens is 3. The number of thiazole rings is 1. The van der Waals surface area contributed by atoms with Crippen LogP contribution in [-0.2, 0) is 11.8 Å². The Morgan fingerprint density at radius 1 is 1.43 bits per heavy atom. The maximum Gasteiger partial charge on any atom is 0.265 e. The van der Waals surface area contributed by atoms with E-state index in [0.717, 1.165) is 23.4 Å². The van der Waals surface area contributed by atoms with E-state index in [-0.39, 0.29) is 17.7 Å². The second kappa shape index (κ2) is 6.11. The van der Waals surface area contributed by atoms with Crippen molar-refractivity contribution in [1.29, 1.82) is 0 Å². The van der Waals surface area contributed by atoms with Gasteiger partial charge in [-0.25, -0.2) is 4.98 Å². The van der Waals surface area contributed by atoms with Gasteiger partial charge in [0.15, 0.2) is 0 Å². The molecule has 0 saturated carbocycles. The van der Waals surface area contributed by atoms with Gasteiger partial charge in [0.25, 0.3) is 5.91 Å². The number of carbonyl (C=O) groups is 2. The van der Waals surface area contributed by atoms with Crippen LogP contribution in [0.15, 0.2) is 12.4 Å². The van der Waals surface area contributed by atoms with Crippen LogP contribution in [0.2, 0.25) is 0 Å². The molecule has 0 aromatic carbocycles. The van der Waals surface area contributed by atoms with Gasteiger partial charge in [0.2, 0.25) is 5.91 Å². The monoisotopic (exact) mass is 333 g/mol. The molecule has 2 amide bonds. The van der Waals surface area contributed by atoms with Crippen LogP contribution in [0, 0.1) is 12.8 Å². The number of hydrogen-bond donors (Lipinski definition) is 1. The van der Waals surface area contributed by atoms with Gasteiger partial charge in [0.05, 0.1) is 17.8 Å². The molecule has 0 aliphatic carbocycles. The summed E-state index contributed by atoms with van der Waals surface area (Å²) in [5.74, 6) is -0.653. The minimum absolute atomic E-state index is 0.0684. The average molecular weight is 333 g/mol. The third-order valence-corrected chi connectivity index (χ3v) is 5.25. The van der Waals surface area contributed by atoms with Crippen molar-refractivity contribution in [1.82, 2.24) is 19.7 Å². The Kier molecular flexibility index (Phi) is 4.16. The van der Waals surface area contributed by atoms with Gasteiger partial charge in [-0.1, -0.05) is 0 Å². The Balaban J connectivity index is 1.82. The summed E-state index contributed by atoms with van der Waals surface area (Å²) >= 11 is 1.37. The van der Waals surface area contributed by atoms with Gasteiger partial charge in [-0.3, -0.25) is 14.3 Å². The zero-order valence-corrected chi connectivity index (χ0v) is 14.0. The van der Waals surface area contributed by atoms with E-state index < -0.39 is 0 Å². The lowest BCUT2D eigenvalue weighted by atomic mass is 9.97. The minimum Gasteiger partial charge on any atom is -0.369 e. The van der Waals surface area contributed by atoms with Crippen LogP contribution in [-0.4, -0.2) is 44.6 Å². The molecule has 1 fully saturated rings. The van der Waals surface area contributed by atoms with Crippen LogP contribution in [0.25, 0.3) is 10.6 Å². The van der Waals surface area contributed by atoms with E-state index in [0.29, 0.717) is 23.7 Å². The standard InChI is InChI=1S/C15H19N5O2S/c1-9-12(23-14(18-9)11-6-17-19(2)7-11)15(22)20-5-3-4-10(8-20)13(16)21/h6-7,10H,3-5,8H2,1-2H3,(H2,16,21). The number of rotatable bonds is 3. The molecule has 122 valence electrons. The van der Waals surface area contributed by atoms with Crippen LogP contribution in [0.1, 0.15) is 28.2 Å². The van der Waals surface area contributed by atoms with E-state index >= 15 is 0 Å². The first kappa shape index (κ1) is 15.7. The third kappa shape index (κ3) is 3.12. The van der Waals surface area contributed by atoms with E-state index in [1.807, 2.05) is 20.2 Å². The summed E-state index contributed by atoms with van der Waals surface area (Å²) in [4.78, 5) is 31.0. The first-order valence-corrected chi connectivity index (χ1v) is 8.32. The van der Waals surface area contributed by atoms with E-state index in [1.54, 1.807) is 15.8 Å². The smallest absolute Gasteiger partial charge is 0.265 e. The van der Waals surface area contributed by atoms with Gasteiger partial charge in [-0.15, -0.1) is 11.3 Å². The van der Waals surface area contributed by atoms with Gasteiger partial charge in [0, 0.05) is 31.9 Å². The Bertz CT molecular complexity index is 751. The second-order valence-electron chi connectivity index (χ2n) is 5.83. The van der Waals surface area contributed by atoms with E-state index in [1.165, 1.54) is 11.3 Å². The summed E-state index contributed by atoms with van der Waals surface area (Å²) in [5.41, 5.74) is 6.99. The van der Waals surface area contributed by atoms with Gasteiger partial charge in [-0.2, -0.15) is 5.10 Å². The lowest BCUT2D eigenvalue weighted by molar-refractivity contribution is -0.123. The quantitative estimate of drug-likeness (QED) is 0.913. The number of nitrogens with two attached hydrogens (primary N) is 1. The minimum atomic E-state index is -0.334. The molecule has 1 aliphatic rings. The third-order valence-electron chi connectivity index (χ3n) is 4.05. The Hall–Kier alpha value is -2.22. The van der Waals surface area contributed by atoms with Crippen molar-refractivity contribution >= 4 is 23.2 Å². The molecule has 2 aromatic rings. The summed E-state index contributed by atoms with van der Waals surface area (Å²) in [6.07, 6.45) is 5.15. The van der Waals surface area contributed by atoms with E-state index in [2.05, 4.69) is 10.1 Å². The van der Waals surface area contributed by atoms with Crippen LogP contribution in [0.5, 0.6) is 0 Å². The highest BCUT2D eigenvalue weighted by atomic mass is 32.1. The van der Waals surface area contributed by atoms with Crippen molar-refractivity contribution in [2.24, 2.45) is 18.7 Å². The maximum absolute atomic E-state index is 12.8. The maximum atomic E-state index is 12.8. The molecule has 1 unspecified atom stereocenters. The Morgan fingerprint density at radius 3 is 2.87 bits per heavy atom. The topological polar surface area (TPSA) is 94.1 Å². The molecule has 23 heavy (non-hydrogen) atoms. The van der Waals surface area contributed by atoms with Crippen molar-refractivity contribution in [2.75, 3.05) is 13.1 Å². The number of likely N-dealkylation sites (tertiary alicyclic amines) is 1. The molecular formula is C15H19N5O2S. The number of nitrogens with zero attached hydrogens (tertiary/aromatic N) is 4. The number of hydrogen-bond acceptors (Lipinski definition) is 5. The number of piperidine rings is 1. The molecule has 8 heteroatoms. The van der Waals surface area contributed by atoms with Crippen LogP contribution >= 0.6 is 11.3 Å². The Labute approximate surface area is 138 Å². The predicted molar refractivity (Wildman–Crippen MR) is 86.9 cm³/mol. The van der Waals surface area contributed by atoms with Crippen molar-refractivity contribution in [3.63, 3.8) is 0 Å². The molecule has 2 aromatic heterocycles. The first-order chi connectivity index (χ1) is 11.0. The lowest BCUT2D eigenvalue weighted by Gasteiger charge is -2.30. The normalized spacial score (nSPS) is 18.2. The molecule has 3 heterocycles. The summed E-state index contributed by atoms with van der Waals surface area (Å²) in [6, 6.07) is 0. The second-order valence-corrected chi connectivity index (χ2v) is 6.83. The fraction of sp³-hybridized carbons (Fsp3) is 0.467. The molecule has 0 bridgehead atoms. The van der Waals surface area contributed by atoms with Crippen LogP contribution < -0.4 is 5.73 Å². The highest BCUT2D eigenvalue weighted by molar-refractivity contribution is 7.17. The molecule has 1 atom stereocenters. The number of amides is 2. The molecule has 0 spiro atoms. The van der Waals surface area contributed by atoms with Gasteiger partial charge >= 0.3 is 0 Å². The number of primary amides is 1. The summed E-state index contributed by atoms with van der Waals surface area (Å²) < 4.78 is 1.70. The molecule has 0 radical (unpaired) electrons. The van der Waals surface area contributed by atoms with Crippen molar-refractivity contribution in [2.45, 2.75) is 19.8 Å². The average Bonchev–Trinajstić information content (AvgIpc) is 3.12. The fourth-order valence-corrected chi connectivity index (χ4v) is 3.80. The highest BCUT2D eigenvalue weighted by Gasteiger charge is 2.29. The van der Waals surface area contributed by atoms with Gasteiger partial charge < -0.3 is 10.6 Å². The van der Waals surface area contributed by atoms with Gasteiger partial charge in [0.1, 0.15) is 9.88 Å². The van der Waals surface area contributed by atoms with E-state index in [4.69, 9.17) is 5.73 Å². The number of aryl methyl sites for hydroxylation is 2. The molecular weight excluding hydrogens is 314 g/mol. The van der Waals surface area contributed by atoms with Crippen molar-refractivity contribution < 1.29 is 9.59 Å².